The van der Waals surface area contributed by atoms with Crippen molar-refractivity contribution in [1.82, 2.24) is 4.31 Å². The molecule has 0 bridgehead atoms. The van der Waals surface area contributed by atoms with Crippen LogP contribution in [0.5, 0.6) is 0 Å². The molecule has 1 aliphatic heterocycles. The van der Waals surface area contributed by atoms with Crippen LogP contribution in [0.4, 0.5) is 0 Å². The first-order chi connectivity index (χ1) is 8.46. The van der Waals surface area contributed by atoms with Gasteiger partial charge in [-0.2, -0.15) is 4.31 Å². The Balaban J connectivity index is 2.52. The number of aryl methyl sites for hydroxylation is 1. The third-order valence-electron chi connectivity index (χ3n) is 3.20. The van der Waals surface area contributed by atoms with Crippen molar-refractivity contribution in [3.63, 3.8) is 0 Å². The van der Waals surface area contributed by atoms with Crippen LogP contribution in [0.15, 0.2) is 21.5 Å². The van der Waals surface area contributed by atoms with Crippen LogP contribution in [0.2, 0.25) is 0 Å². The smallest absolute Gasteiger partial charge is 0.244 e. The molecule has 0 aliphatic carbocycles. The summed E-state index contributed by atoms with van der Waals surface area (Å²) in [5.74, 6) is 0. The van der Waals surface area contributed by atoms with E-state index in [-0.39, 0.29) is 0 Å². The van der Waals surface area contributed by atoms with E-state index in [0.29, 0.717) is 29.0 Å². The van der Waals surface area contributed by atoms with Crippen LogP contribution in [0.25, 0.3) is 0 Å². The maximum Gasteiger partial charge on any atom is 0.244 e. The Morgan fingerprint density at radius 3 is 2.50 bits per heavy atom. The van der Waals surface area contributed by atoms with Crippen molar-refractivity contribution < 1.29 is 8.42 Å². The topological polar surface area (TPSA) is 63.4 Å². The monoisotopic (exact) mass is 332 g/mol. The predicted molar refractivity (Wildman–Crippen MR) is 74.8 cm³/mol. The molecule has 0 aromatic heterocycles. The number of benzene rings is 1. The highest BCUT2D eigenvalue weighted by Crippen LogP contribution is 2.31. The van der Waals surface area contributed by atoms with E-state index in [2.05, 4.69) is 15.9 Å². The van der Waals surface area contributed by atoms with Gasteiger partial charge in [-0.25, -0.2) is 8.42 Å². The quantitative estimate of drug-likeness (QED) is 0.920. The summed E-state index contributed by atoms with van der Waals surface area (Å²) in [6.45, 7) is 3.45. The Morgan fingerprint density at radius 2 is 1.94 bits per heavy atom. The second kappa shape index (κ2) is 5.28. The summed E-state index contributed by atoms with van der Waals surface area (Å²) in [6.07, 6.45) is 1.87. The van der Waals surface area contributed by atoms with Crippen LogP contribution in [0, 0.1) is 6.92 Å². The highest BCUT2D eigenvalue weighted by Gasteiger charge is 2.29. The summed E-state index contributed by atoms with van der Waals surface area (Å²) in [5.41, 5.74) is 7.35. The molecular weight excluding hydrogens is 316 g/mol. The lowest BCUT2D eigenvalue weighted by atomic mass is 10.1. The molecule has 6 heteroatoms. The maximum absolute atomic E-state index is 12.5. The van der Waals surface area contributed by atoms with E-state index >= 15 is 0 Å². The second-order valence-corrected chi connectivity index (χ2v) is 7.24. The van der Waals surface area contributed by atoms with Gasteiger partial charge in [-0.15, -0.1) is 0 Å². The first-order valence-electron chi connectivity index (χ1n) is 5.96. The largest absolute Gasteiger partial charge is 0.326 e. The molecule has 2 N–H and O–H groups in total. The number of hydrogen-bond donors (Lipinski definition) is 1. The van der Waals surface area contributed by atoms with Gasteiger partial charge < -0.3 is 5.73 Å². The van der Waals surface area contributed by atoms with Crippen LogP contribution < -0.4 is 5.73 Å². The molecule has 0 spiro atoms. The van der Waals surface area contributed by atoms with Crippen molar-refractivity contribution in [3.8, 4) is 0 Å². The summed E-state index contributed by atoms with van der Waals surface area (Å²) in [6, 6.07) is 3.58. The van der Waals surface area contributed by atoms with Crippen molar-refractivity contribution in [3.05, 3.63) is 27.7 Å². The van der Waals surface area contributed by atoms with Crippen molar-refractivity contribution in [2.45, 2.75) is 31.2 Å². The SMILES string of the molecule is Cc1cc(CN)cc(S(=O)(=O)N2CCCC2)c1Br. The van der Waals surface area contributed by atoms with Gasteiger partial charge in [0.05, 0.1) is 4.90 Å². The number of sulfonamides is 1. The van der Waals surface area contributed by atoms with Gasteiger partial charge in [0.25, 0.3) is 0 Å². The van der Waals surface area contributed by atoms with Crippen LogP contribution in [0.1, 0.15) is 24.0 Å². The molecule has 18 heavy (non-hydrogen) atoms. The lowest BCUT2D eigenvalue weighted by molar-refractivity contribution is 0.477. The zero-order valence-electron chi connectivity index (χ0n) is 10.3. The zero-order chi connectivity index (χ0) is 13.3. The van der Waals surface area contributed by atoms with Crippen LogP contribution >= 0.6 is 15.9 Å². The molecule has 2 rings (SSSR count). The normalized spacial score (nSPS) is 17.3. The zero-order valence-corrected chi connectivity index (χ0v) is 12.7. The summed E-state index contributed by atoms with van der Waals surface area (Å²) >= 11 is 3.38. The second-order valence-electron chi connectivity index (χ2n) is 4.54. The Labute approximate surface area is 116 Å². The molecular formula is C12H17BrN2O2S. The summed E-state index contributed by atoms with van der Waals surface area (Å²) < 4.78 is 27.3. The highest BCUT2D eigenvalue weighted by molar-refractivity contribution is 9.10. The van der Waals surface area contributed by atoms with Gasteiger partial charge in [-0.3, -0.25) is 0 Å². The molecule has 1 aliphatic rings. The molecule has 100 valence electrons. The molecule has 0 atom stereocenters. The number of rotatable bonds is 3. The minimum Gasteiger partial charge on any atom is -0.326 e. The first kappa shape index (κ1) is 14.0. The minimum absolute atomic E-state index is 0.338. The fourth-order valence-electron chi connectivity index (χ4n) is 2.18. The van der Waals surface area contributed by atoms with Gasteiger partial charge >= 0.3 is 0 Å². The summed E-state index contributed by atoms with van der Waals surface area (Å²) in [7, 11) is -3.39. The fourth-order valence-corrected chi connectivity index (χ4v) is 4.73. The third kappa shape index (κ3) is 2.47. The third-order valence-corrected chi connectivity index (χ3v) is 6.44. The van der Waals surface area contributed by atoms with Gasteiger partial charge in [-0.1, -0.05) is 6.07 Å². The van der Waals surface area contributed by atoms with Crippen molar-refractivity contribution in [2.75, 3.05) is 13.1 Å². The lowest BCUT2D eigenvalue weighted by Gasteiger charge is -2.18. The Bertz CT molecular complexity index is 551. The Hall–Kier alpha value is -0.430. The number of hydrogen-bond acceptors (Lipinski definition) is 3. The number of nitrogens with zero attached hydrogens (tertiary/aromatic N) is 1. The van der Waals surface area contributed by atoms with Crippen molar-refractivity contribution in [2.24, 2.45) is 5.73 Å². The van der Waals surface area contributed by atoms with Gasteiger partial charge in [0.2, 0.25) is 10.0 Å². The molecule has 1 aromatic rings. The van der Waals surface area contributed by atoms with Crippen LogP contribution in [-0.4, -0.2) is 25.8 Å². The van der Waals surface area contributed by atoms with Crippen molar-refractivity contribution in [1.29, 1.82) is 0 Å². The molecule has 0 saturated carbocycles. The van der Waals surface area contributed by atoms with E-state index in [4.69, 9.17) is 5.73 Å². The molecule has 0 unspecified atom stereocenters. The maximum atomic E-state index is 12.5. The van der Waals surface area contributed by atoms with Gasteiger partial charge in [0.1, 0.15) is 0 Å². The number of halogens is 1. The molecule has 0 radical (unpaired) electrons. The van der Waals surface area contributed by atoms with Crippen molar-refractivity contribution >= 4 is 26.0 Å². The van der Waals surface area contributed by atoms with Crippen LogP contribution in [0.3, 0.4) is 0 Å². The molecule has 1 heterocycles. The fraction of sp³-hybridized carbons (Fsp3) is 0.500. The first-order valence-corrected chi connectivity index (χ1v) is 8.19. The summed E-state index contributed by atoms with van der Waals surface area (Å²) in [4.78, 5) is 0.338. The molecule has 1 saturated heterocycles. The predicted octanol–water partition coefficient (Wildman–Crippen LogP) is 2.00. The number of nitrogens with two attached hydrogens (primary N) is 1. The molecule has 1 aromatic carbocycles. The highest BCUT2D eigenvalue weighted by atomic mass is 79.9. The van der Waals surface area contributed by atoms with Gasteiger partial charge in [0, 0.05) is 24.1 Å². The van der Waals surface area contributed by atoms with E-state index in [1.165, 1.54) is 0 Å². The van der Waals surface area contributed by atoms with Crippen LogP contribution in [-0.2, 0) is 16.6 Å². The average molecular weight is 333 g/mol. The van der Waals surface area contributed by atoms with E-state index in [0.717, 1.165) is 24.0 Å². The van der Waals surface area contributed by atoms with E-state index in [1.807, 2.05) is 13.0 Å². The Morgan fingerprint density at radius 1 is 1.33 bits per heavy atom. The molecule has 0 amide bonds. The standard InChI is InChI=1S/C12H17BrN2O2S/c1-9-6-10(8-14)7-11(12(9)13)18(16,17)15-4-2-3-5-15/h6-7H,2-5,8,14H2,1H3. The molecule has 1 fully saturated rings. The summed E-state index contributed by atoms with van der Waals surface area (Å²) in [5, 5.41) is 0. The minimum atomic E-state index is -3.39. The van der Waals surface area contributed by atoms with E-state index in [1.54, 1.807) is 10.4 Å². The van der Waals surface area contributed by atoms with Gasteiger partial charge in [0.15, 0.2) is 0 Å². The van der Waals surface area contributed by atoms with E-state index < -0.39 is 10.0 Å². The van der Waals surface area contributed by atoms with E-state index in [9.17, 15) is 8.42 Å². The van der Waals surface area contributed by atoms with Gasteiger partial charge in [-0.05, 0) is 52.9 Å². The Kier molecular flexibility index (Phi) is 4.11. The average Bonchev–Trinajstić information content (AvgIpc) is 2.86. The lowest BCUT2D eigenvalue weighted by Crippen LogP contribution is -2.28. The molecule has 4 nitrogen and oxygen atoms in total.